The van der Waals surface area contributed by atoms with E-state index >= 15 is 0 Å². The molecular formula is C11H17N3. The van der Waals surface area contributed by atoms with Gasteiger partial charge in [0.05, 0.1) is 5.69 Å². The lowest BCUT2D eigenvalue weighted by atomic mass is 9.94. The molecule has 0 atom stereocenters. The summed E-state index contributed by atoms with van der Waals surface area (Å²) >= 11 is 0. The molecule has 1 saturated carbocycles. The van der Waals surface area contributed by atoms with Crippen molar-refractivity contribution < 1.29 is 0 Å². The molecule has 76 valence electrons. The summed E-state index contributed by atoms with van der Waals surface area (Å²) in [6.07, 6.45) is 8.35. The number of aryl methyl sites for hydroxylation is 1. The molecule has 0 unspecified atom stereocenters. The summed E-state index contributed by atoms with van der Waals surface area (Å²) in [5.74, 6) is 0. The number of nitrogens with zero attached hydrogens (tertiary/aromatic N) is 1. The minimum absolute atomic E-state index is 0.0976. The second-order valence-corrected chi connectivity index (χ2v) is 4.87. The van der Waals surface area contributed by atoms with Crippen molar-refractivity contribution >= 4 is 0 Å². The average Bonchev–Trinajstić information content (AvgIpc) is 2.77. The van der Waals surface area contributed by atoms with Gasteiger partial charge in [-0.2, -0.15) is 5.10 Å². The van der Waals surface area contributed by atoms with Crippen molar-refractivity contribution in [2.45, 2.75) is 50.5 Å². The van der Waals surface area contributed by atoms with Crippen LogP contribution in [0, 0.1) is 0 Å². The van der Waals surface area contributed by atoms with Gasteiger partial charge in [0.1, 0.15) is 0 Å². The third kappa shape index (κ3) is 1.36. The molecule has 0 aromatic carbocycles. The van der Waals surface area contributed by atoms with E-state index in [2.05, 4.69) is 10.2 Å². The van der Waals surface area contributed by atoms with E-state index in [-0.39, 0.29) is 5.54 Å². The Hall–Kier alpha value is -0.830. The number of aromatic nitrogens is 2. The van der Waals surface area contributed by atoms with Gasteiger partial charge in [0, 0.05) is 17.7 Å². The molecule has 0 amide bonds. The molecule has 1 heterocycles. The van der Waals surface area contributed by atoms with Gasteiger partial charge >= 0.3 is 0 Å². The van der Waals surface area contributed by atoms with Gasteiger partial charge in [-0.05, 0) is 44.1 Å². The molecule has 0 radical (unpaired) electrons. The van der Waals surface area contributed by atoms with Gasteiger partial charge in [0.15, 0.2) is 0 Å². The number of rotatable bonds is 2. The van der Waals surface area contributed by atoms with Crippen molar-refractivity contribution in [2.75, 3.05) is 0 Å². The first-order valence-corrected chi connectivity index (χ1v) is 5.61. The van der Waals surface area contributed by atoms with Gasteiger partial charge in [-0.1, -0.05) is 0 Å². The molecule has 3 heteroatoms. The van der Waals surface area contributed by atoms with Crippen molar-refractivity contribution in [1.29, 1.82) is 0 Å². The lowest BCUT2D eigenvalue weighted by Crippen LogP contribution is -2.25. The van der Waals surface area contributed by atoms with Gasteiger partial charge in [-0.25, -0.2) is 0 Å². The summed E-state index contributed by atoms with van der Waals surface area (Å²) in [7, 11) is 0. The molecule has 1 aromatic rings. The summed E-state index contributed by atoms with van der Waals surface area (Å²) in [5, 5.41) is 7.59. The Kier molecular flexibility index (Phi) is 1.71. The summed E-state index contributed by atoms with van der Waals surface area (Å²) in [4.78, 5) is 0. The Morgan fingerprint density at radius 3 is 2.86 bits per heavy atom. The number of hydrogen-bond acceptors (Lipinski definition) is 2. The third-order valence-electron chi connectivity index (χ3n) is 3.55. The summed E-state index contributed by atoms with van der Waals surface area (Å²) in [6.45, 7) is 0. The van der Waals surface area contributed by atoms with Crippen molar-refractivity contribution in [2.24, 2.45) is 5.73 Å². The van der Waals surface area contributed by atoms with Gasteiger partial charge in [-0.15, -0.1) is 0 Å². The van der Waals surface area contributed by atoms with Crippen LogP contribution in [-0.2, 0) is 19.3 Å². The Labute approximate surface area is 84.1 Å². The molecule has 0 spiro atoms. The highest BCUT2D eigenvalue weighted by Crippen LogP contribution is 2.36. The second kappa shape index (κ2) is 2.83. The fraction of sp³-hybridized carbons (Fsp3) is 0.727. The minimum Gasteiger partial charge on any atom is -0.325 e. The summed E-state index contributed by atoms with van der Waals surface area (Å²) in [5.41, 5.74) is 10.3. The molecular weight excluding hydrogens is 174 g/mol. The largest absolute Gasteiger partial charge is 0.325 e. The second-order valence-electron chi connectivity index (χ2n) is 4.87. The molecule has 0 aliphatic heterocycles. The molecule has 3 rings (SSSR count). The van der Waals surface area contributed by atoms with Crippen molar-refractivity contribution in [1.82, 2.24) is 10.2 Å². The van der Waals surface area contributed by atoms with Crippen LogP contribution in [0.25, 0.3) is 0 Å². The van der Waals surface area contributed by atoms with E-state index in [0.29, 0.717) is 0 Å². The first kappa shape index (κ1) is 8.48. The Morgan fingerprint density at radius 1 is 1.29 bits per heavy atom. The van der Waals surface area contributed by atoms with Crippen molar-refractivity contribution in [3.8, 4) is 0 Å². The number of hydrogen-bond donors (Lipinski definition) is 2. The minimum atomic E-state index is 0.0976. The van der Waals surface area contributed by atoms with Gasteiger partial charge < -0.3 is 5.73 Å². The van der Waals surface area contributed by atoms with Crippen LogP contribution < -0.4 is 5.73 Å². The number of H-pyrrole nitrogens is 1. The van der Waals surface area contributed by atoms with Crippen LogP contribution >= 0.6 is 0 Å². The first-order valence-electron chi connectivity index (χ1n) is 5.61. The van der Waals surface area contributed by atoms with Crippen LogP contribution in [0.2, 0.25) is 0 Å². The van der Waals surface area contributed by atoms with E-state index in [9.17, 15) is 0 Å². The lowest BCUT2D eigenvalue weighted by molar-refractivity contribution is 0.641. The van der Waals surface area contributed by atoms with Crippen LogP contribution in [0.3, 0.4) is 0 Å². The third-order valence-corrected chi connectivity index (χ3v) is 3.55. The Bertz CT molecular complexity index is 349. The van der Waals surface area contributed by atoms with Crippen molar-refractivity contribution in [3.05, 3.63) is 17.0 Å². The maximum atomic E-state index is 6.12. The zero-order valence-corrected chi connectivity index (χ0v) is 8.47. The van der Waals surface area contributed by atoms with Crippen molar-refractivity contribution in [3.63, 3.8) is 0 Å². The smallest absolute Gasteiger partial charge is 0.0675 e. The highest BCUT2D eigenvalue weighted by atomic mass is 15.1. The van der Waals surface area contributed by atoms with Gasteiger partial charge in [-0.3, -0.25) is 5.10 Å². The fourth-order valence-electron chi connectivity index (χ4n) is 2.37. The lowest BCUT2D eigenvalue weighted by Gasteiger charge is -2.12. The molecule has 1 fully saturated rings. The van der Waals surface area contributed by atoms with E-state index in [1.807, 2.05) is 0 Å². The van der Waals surface area contributed by atoms with Crippen LogP contribution in [0.15, 0.2) is 0 Å². The topological polar surface area (TPSA) is 54.7 Å². The molecule has 3 nitrogen and oxygen atoms in total. The number of nitrogens with two attached hydrogens (primary N) is 1. The number of aromatic amines is 1. The van der Waals surface area contributed by atoms with Crippen LogP contribution in [0.1, 0.15) is 42.6 Å². The standard InChI is InChI=1S/C11H17N3/c12-11(5-6-11)7-10-8-3-1-2-4-9(8)13-14-10/h1-7,12H2,(H,13,14). The quantitative estimate of drug-likeness (QED) is 0.740. The van der Waals surface area contributed by atoms with Crippen LogP contribution in [0.4, 0.5) is 0 Å². The maximum absolute atomic E-state index is 6.12. The Balaban J connectivity index is 1.87. The molecule has 1 aromatic heterocycles. The van der Waals surface area contributed by atoms with E-state index < -0.39 is 0 Å². The SMILES string of the molecule is NC1(Cc2n[nH]c3c2CCCC3)CC1. The van der Waals surface area contributed by atoms with Gasteiger partial charge in [0.2, 0.25) is 0 Å². The van der Waals surface area contributed by atoms with E-state index in [1.54, 1.807) is 0 Å². The molecule has 3 N–H and O–H groups in total. The predicted molar refractivity (Wildman–Crippen MR) is 55.1 cm³/mol. The monoisotopic (exact) mass is 191 g/mol. The summed E-state index contributed by atoms with van der Waals surface area (Å²) < 4.78 is 0. The number of nitrogens with one attached hydrogen (secondary N) is 1. The molecule has 2 aliphatic rings. The zero-order valence-electron chi connectivity index (χ0n) is 8.47. The van der Waals surface area contributed by atoms with E-state index in [0.717, 1.165) is 6.42 Å². The molecule has 14 heavy (non-hydrogen) atoms. The normalized spacial score (nSPS) is 23.2. The molecule has 2 aliphatic carbocycles. The van der Waals surface area contributed by atoms with E-state index in [4.69, 9.17) is 5.73 Å². The zero-order chi connectivity index (χ0) is 9.60. The first-order chi connectivity index (χ1) is 6.77. The van der Waals surface area contributed by atoms with Gasteiger partial charge in [0.25, 0.3) is 0 Å². The Morgan fingerprint density at radius 2 is 2.07 bits per heavy atom. The van der Waals surface area contributed by atoms with Crippen LogP contribution in [0.5, 0.6) is 0 Å². The average molecular weight is 191 g/mol. The fourth-order valence-corrected chi connectivity index (χ4v) is 2.37. The number of fused-ring (bicyclic) bond motifs is 1. The highest BCUT2D eigenvalue weighted by Gasteiger charge is 2.39. The van der Waals surface area contributed by atoms with Crippen LogP contribution in [-0.4, -0.2) is 15.7 Å². The molecule has 0 saturated heterocycles. The predicted octanol–water partition coefficient (Wildman–Crippen LogP) is 1.32. The van der Waals surface area contributed by atoms with E-state index in [1.165, 1.54) is 55.5 Å². The maximum Gasteiger partial charge on any atom is 0.0675 e. The summed E-state index contributed by atoms with van der Waals surface area (Å²) in [6, 6.07) is 0. The highest BCUT2D eigenvalue weighted by molar-refractivity contribution is 5.30. The molecule has 0 bridgehead atoms.